The molecule has 1 heterocycles. The number of aromatic nitrogens is 2. The summed E-state index contributed by atoms with van der Waals surface area (Å²) in [6.45, 7) is 0. The van der Waals surface area contributed by atoms with E-state index in [1.165, 1.54) is 6.33 Å². The van der Waals surface area contributed by atoms with Crippen LogP contribution in [-0.4, -0.2) is 4.98 Å². The monoisotopic (exact) mass is 513 g/mol. The smallest absolute Gasteiger partial charge is 0.0843 e. The van der Waals surface area contributed by atoms with Gasteiger partial charge in [0.1, 0.15) is 0 Å². The molecule has 0 amide bonds. The summed E-state index contributed by atoms with van der Waals surface area (Å²) in [4.78, 5) is 10.4. The molecule has 0 aromatic carbocycles. The van der Waals surface area contributed by atoms with E-state index in [9.17, 15) is 0 Å². The maximum atomic E-state index is 3.61. The molecule has 0 saturated heterocycles. The number of halogens is 3. The van der Waals surface area contributed by atoms with Crippen LogP contribution < -0.4 is 4.98 Å². The van der Waals surface area contributed by atoms with E-state index in [1.54, 1.807) is 12.4 Å². The number of rotatable bonds is 0. The maximum Gasteiger partial charge on any atom is -0.0843 e. The van der Waals surface area contributed by atoms with Gasteiger partial charge in [-0.25, -0.2) is 0 Å². The van der Waals surface area contributed by atoms with E-state index in [0.29, 0.717) is 9.47 Å². The van der Waals surface area contributed by atoms with Crippen molar-refractivity contribution in [3.05, 3.63) is 23.7 Å². The van der Waals surface area contributed by atoms with Gasteiger partial charge in [-0.15, -0.1) is 0 Å². The molecule has 0 aliphatic rings. The third-order valence-electron chi connectivity index (χ3n) is 0.372. The Bertz CT molecular complexity index is 85.4. The summed E-state index contributed by atoms with van der Waals surface area (Å²) in [6.07, 6.45) is 4.78. The van der Waals surface area contributed by atoms with Crippen LogP contribution in [0.3, 0.4) is 0 Å². The molecule has 1 aromatic rings. The minimum Gasteiger partial charge on any atom is -0.450 e. The van der Waals surface area contributed by atoms with Gasteiger partial charge in [0, 0.05) is 0 Å². The largest absolute Gasteiger partial charge is 0.450 e. The third-order valence-corrected chi connectivity index (χ3v) is 0.372. The topological polar surface area (TPSA) is 27.0 Å². The predicted molar refractivity (Wildman–Crippen MR) is 65.0 cm³/mol. The molecule has 0 aliphatic heterocycles. The first-order valence-corrected chi connectivity index (χ1v) is 12.5. The molecule has 0 bridgehead atoms. The molecule has 0 spiro atoms. The number of nitrogens with zero attached hydrogens (tertiary/aromatic N) is 2. The Morgan fingerprint density at radius 1 is 1.40 bits per heavy atom. The van der Waals surface area contributed by atoms with Crippen LogP contribution in [0.15, 0.2) is 18.7 Å². The second-order valence-corrected chi connectivity index (χ2v) is 12.6. The molecule has 0 unspecified atom stereocenters. The standard InChI is InChI=1S/C3H3N2.CH2I.2HI.V/c1-2-5-3-4-1;1-2;;;/h1-3H;1H2;2*1H;/q2*-1;;;+2/p-2. The Morgan fingerprint density at radius 2 is 1.90 bits per heavy atom. The fourth-order valence-electron chi connectivity index (χ4n) is 0.192. The van der Waals surface area contributed by atoms with Crippen LogP contribution in [0.25, 0.3) is 0 Å². The first kappa shape index (κ1) is 14.5. The van der Waals surface area contributed by atoms with Crippen molar-refractivity contribution >= 4 is 62.5 Å². The van der Waals surface area contributed by atoms with Gasteiger partial charge >= 0.3 is 49.4 Å². The van der Waals surface area contributed by atoms with Crippen molar-refractivity contribution in [3.8, 4) is 0 Å². The SMILES string of the molecule is [CH2-]I.[I][V][I].c1c[n-]cn1. The van der Waals surface area contributed by atoms with Crippen LogP contribution in [0, 0.1) is 4.93 Å². The minimum absolute atomic E-state index is 0.628. The molecule has 0 radical (unpaired) electrons. The van der Waals surface area contributed by atoms with Crippen molar-refractivity contribution < 1.29 is 9.47 Å². The zero-order chi connectivity index (χ0) is 8.24. The Balaban J connectivity index is 0. The molecule has 10 heavy (non-hydrogen) atoms. The van der Waals surface area contributed by atoms with E-state index in [-0.39, 0.29) is 0 Å². The number of hydrogen-bond donors (Lipinski definition) is 0. The Kier molecular flexibility index (Phi) is 24.9. The summed E-state index contributed by atoms with van der Waals surface area (Å²) in [6, 6.07) is 0. The third kappa shape index (κ3) is 16.5. The summed E-state index contributed by atoms with van der Waals surface area (Å²) in [5.74, 6) is 0. The van der Waals surface area contributed by atoms with Gasteiger partial charge < -0.3 is 32.6 Å². The summed E-state index contributed by atoms with van der Waals surface area (Å²) >= 11 is 6.64. The first-order valence-electron chi connectivity index (χ1n) is 1.97. The van der Waals surface area contributed by atoms with Gasteiger partial charge in [-0.3, -0.25) is 4.93 Å². The van der Waals surface area contributed by atoms with Crippen LogP contribution in [0.1, 0.15) is 0 Å². The van der Waals surface area contributed by atoms with Crippen molar-refractivity contribution in [2.24, 2.45) is 0 Å². The van der Waals surface area contributed by atoms with Crippen LogP contribution >= 0.6 is 62.5 Å². The summed E-state index contributed by atoms with van der Waals surface area (Å²) < 4.78 is 0. The van der Waals surface area contributed by atoms with Crippen molar-refractivity contribution in [1.29, 1.82) is 0 Å². The number of imidazole rings is 1. The predicted octanol–water partition coefficient (Wildman–Crippen LogP) is 3.02. The average Bonchev–Trinajstić information content (AvgIpc) is 2.48. The molecule has 0 aliphatic carbocycles. The Morgan fingerprint density at radius 3 is 2.00 bits per heavy atom. The van der Waals surface area contributed by atoms with Gasteiger partial charge in [-0.1, -0.05) is 18.7 Å². The van der Waals surface area contributed by atoms with E-state index in [1.807, 2.05) is 22.6 Å². The van der Waals surface area contributed by atoms with E-state index in [2.05, 4.69) is 54.9 Å². The molecular weight excluding hydrogens is 508 g/mol. The van der Waals surface area contributed by atoms with Gasteiger partial charge in [0.2, 0.25) is 0 Å². The van der Waals surface area contributed by atoms with Crippen LogP contribution in [0.5, 0.6) is 0 Å². The van der Waals surface area contributed by atoms with Gasteiger partial charge in [0.25, 0.3) is 0 Å². The Hall–Kier alpha value is 1.98. The second-order valence-electron chi connectivity index (χ2n) is 0.776. The van der Waals surface area contributed by atoms with E-state index >= 15 is 0 Å². The van der Waals surface area contributed by atoms with Gasteiger partial charge in [-0.05, 0) is 0 Å². The second kappa shape index (κ2) is 17.2. The molecule has 0 atom stereocenters. The molecule has 0 fully saturated rings. The molecule has 0 N–H and O–H groups in total. The molecule has 0 saturated carbocycles. The van der Waals surface area contributed by atoms with Crippen LogP contribution in [0.4, 0.5) is 0 Å². The fourth-order valence-corrected chi connectivity index (χ4v) is 0.192. The quantitative estimate of drug-likeness (QED) is 0.395. The summed E-state index contributed by atoms with van der Waals surface area (Å²) in [5, 5.41) is 0. The molecular formula is C4H5I3N2V-2. The van der Waals surface area contributed by atoms with Crippen molar-refractivity contribution in [1.82, 2.24) is 9.97 Å². The molecule has 1 rings (SSSR count). The zero-order valence-corrected chi connectivity index (χ0v) is 12.8. The minimum atomic E-state index is 0.628. The van der Waals surface area contributed by atoms with Gasteiger partial charge in [0.15, 0.2) is 0 Å². The molecule has 59 valence electrons. The average molecular weight is 513 g/mol. The van der Waals surface area contributed by atoms with Gasteiger partial charge in [0.05, 0.1) is 0 Å². The van der Waals surface area contributed by atoms with Crippen LogP contribution in [-0.2, 0) is 9.47 Å². The maximum absolute atomic E-state index is 3.61. The summed E-state index contributed by atoms with van der Waals surface area (Å²) in [5.41, 5.74) is 0. The Labute approximate surface area is 104 Å². The van der Waals surface area contributed by atoms with E-state index in [0.717, 1.165) is 0 Å². The fraction of sp³-hybridized carbons (Fsp3) is 0. The number of hydrogen-bond acceptors (Lipinski definition) is 1. The van der Waals surface area contributed by atoms with Gasteiger partial charge in [-0.2, -0.15) is 0 Å². The van der Waals surface area contributed by atoms with Crippen molar-refractivity contribution in [2.45, 2.75) is 0 Å². The molecule has 6 heteroatoms. The molecule has 2 nitrogen and oxygen atoms in total. The van der Waals surface area contributed by atoms with Crippen LogP contribution in [0.2, 0.25) is 0 Å². The normalized spacial score (nSPS) is 6.00. The summed E-state index contributed by atoms with van der Waals surface area (Å²) in [7, 11) is 0.628. The van der Waals surface area contributed by atoms with Crippen molar-refractivity contribution in [3.63, 3.8) is 0 Å². The zero-order valence-electron chi connectivity index (χ0n) is 4.91. The van der Waals surface area contributed by atoms with E-state index < -0.39 is 0 Å². The van der Waals surface area contributed by atoms with E-state index in [4.69, 9.17) is 0 Å². The van der Waals surface area contributed by atoms with Crippen molar-refractivity contribution in [2.75, 3.05) is 0 Å². The first-order chi connectivity index (χ1) is 4.91. The molecule has 1 aromatic heterocycles.